The molecule has 1 amide bonds. The number of amides is 1. The Morgan fingerprint density at radius 1 is 0.969 bits per heavy atom. The zero-order valence-electron chi connectivity index (χ0n) is 18.2. The minimum Gasteiger partial charge on any atom is -0.496 e. The van der Waals surface area contributed by atoms with Crippen LogP contribution in [0.5, 0.6) is 5.75 Å². The highest BCUT2D eigenvalue weighted by Gasteiger charge is 2.33. The molecule has 0 atom stereocenters. The van der Waals surface area contributed by atoms with Gasteiger partial charge in [-0.05, 0) is 37.5 Å². The average Bonchev–Trinajstić information content (AvgIpc) is 3.15. The number of nitrogens with zero attached hydrogens (tertiary/aromatic N) is 3. The van der Waals surface area contributed by atoms with Crippen LogP contribution in [0.4, 0.5) is 13.2 Å². The van der Waals surface area contributed by atoms with Gasteiger partial charge in [-0.2, -0.15) is 17.5 Å². The molecule has 3 rings (SSSR count). The minimum absolute atomic E-state index is 0.0251. The summed E-state index contributed by atoms with van der Waals surface area (Å²) >= 11 is 0. The average molecular weight is 478 g/mol. The Labute approximate surface area is 187 Å². The molecule has 0 aromatic heterocycles. The molecular weight excluding hydrogens is 447 g/mol. The SMILES string of the molecule is COc1ccc(S(=O)(=O)N2CCCCCC2)cc1C(=O)N1CCCN(CC(F)(F)F)CC1. The molecule has 0 N–H and O–H groups in total. The van der Waals surface area contributed by atoms with Crippen molar-refractivity contribution in [3.8, 4) is 5.75 Å². The van der Waals surface area contributed by atoms with E-state index < -0.39 is 28.7 Å². The standard InChI is InChI=1S/C21H30F3N3O4S/c1-31-19-8-7-17(32(29,30)27-11-4-2-3-5-12-27)15-18(19)20(28)26-10-6-9-25(13-14-26)16-21(22,23)24/h7-8,15H,2-6,9-14,16H2,1H3. The van der Waals surface area contributed by atoms with E-state index in [9.17, 15) is 26.4 Å². The third-order valence-electron chi connectivity index (χ3n) is 5.88. The first-order valence-electron chi connectivity index (χ1n) is 10.9. The van der Waals surface area contributed by atoms with Crippen LogP contribution in [0, 0.1) is 0 Å². The van der Waals surface area contributed by atoms with E-state index in [0.717, 1.165) is 25.7 Å². The lowest BCUT2D eigenvalue weighted by Gasteiger charge is -2.24. The molecule has 2 saturated heterocycles. The van der Waals surface area contributed by atoms with Crippen molar-refractivity contribution in [2.45, 2.75) is 43.2 Å². The van der Waals surface area contributed by atoms with Gasteiger partial charge in [0.05, 0.1) is 24.1 Å². The predicted octanol–water partition coefficient (Wildman–Crippen LogP) is 2.97. The smallest absolute Gasteiger partial charge is 0.401 e. The normalized spacial score (nSPS) is 19.9. The summed E-state index contributed by atoms with van der Waals surface area (Å²) in [6.45, 7) is 0.628. The Bertz CT molecular complexity index is 900. The summed E-state index contributed by atoms with van der Waals surface area (Å²) in [6.07, 6.45) is -0.335. The van der Waals surface area contributed by atoms with Gasteiger partial charge in [0.25, 0.3) is 5.91 Å². The Morgan fingerprint density at radius 3 is 2.28 bits per heavy atom. The molecule has 0 unspecified atom stereocenters. The molecule has 0 aliphatic carbocycles. The number of alkyl halides is 3. The fraction of sp³-hybridized carbons (Fsp3) is 0.667. The van der Waals surface area contributed by atoms with E-state index in [2.05, 4.69) is 0 Å². The monoisotopic (exact) mass is 477 g/mol. The molecule has 2 aliphatic rings. The van der Waals surface area contributed by atoms with Crippen molar-refractivity contribution in [3.05, 3.63) is 23.8 Å². The second kappa shape index (κ2) is 10.4. The molecule has 0 bridgehead atoms. The second-order valence-electron chi connectivity index (χ2n) is 8.22. The van der Waals surface area contributed by atoms with Crippen LogP contribution < -0.4 is 4.74 Å². The highest BCUT2D eigenvalue weighted by atomic mass is 32.2. The van der Waals surface area contributed by atoms with Crippen LogP contribution in [-0.4, -0.2) is 87.5 Å². The maximum absolute atomic E-state index is 13.2. The molecule has 2 fully saturated rings. The van der Waals surface area contributed by atoms with Crippen LogP contribution in [0.15, 0.2) is 23.1 Å². The first kappa shape index (κ1) is 24.8. The van der Waals surface area contributed by atoms with Crippen LogP contribution in [0.3, 0.4) is 0 Å². The first-order valence-corrected chi connectivity index (χ1v) is 12.3. The molecule has 7 nitrogen and oxygen atoms in total. The van der Waals surface area contributed by atoms with Crippen molar-refractivity contribution >= 4 is 15.9 Å². The lowest BCUT2D eigenvalue weighted by atomic mass is 10.1. The van der Waals surface area contributed by atoms with Crippen LogP contribution in [0.2, 0.25) is 0 Å². The number of benzene rings is 1. The summed E-state index contributed by atoms with van der Waals surface area (Å²) in [7, 11) is -2.37. The van der Waals surface area contributed by atoms with Crippen LogP contribution >= 0.6 is 0 Å². The van der Waals surface area contributed by atoms with Gasteiger partial charge in [0.15, 0.2) is 0 Å². The van der Waals surface area contributed by atoms with Gasteiger partial charge in [-0.1, -0.05) is 12.8 Å². The quantitative estimate of drug-likeness (QED) is 0.652. The number of carbonyl (C=O) groups excluding carboxylic acids is 1. The van der Waals surface area contributed by atoms with E-state index in [-0.39, 0.29) is 35.8 Å². The fourth-order valence-corrected chi connectivity index (χ4v) is 5.75. The van der Waals surface area contributed by atoms with Crippen molar-refractivity contribution in [2.24, 2.45) is 0 Å². The Morgan fingerprint density at radius 2 is 1.66 bits per heavy atom. The van der Waals surface area contributed by atoms with Gasteiger partial charge in [-0.25, -0.2) is 8.42 Å². The molecule has 0 saturated carbocycles. The largest absolute Gasteiger partial charge is 0.496 e. The van der Waals surface area contributed by atoms with E-state index in [1.807, 2.05) is 0 Å². The van der Waals surface area contributed by atoms with Crippen LogP contribution in [0.25, 0.3) is 0 Å². The predicted molar refractivity (Wildman–Crippen MR) is 113 cm³/mol. The minimum atomic E-state index is -4.29. The van der Waals surface area contributed by atoms with E-state index in [4.69, 9.17) is 4.74 Å². The summed E-state index contributed by atoms with van der Waals surface area (Å²) in [5, 5.41) is 0. The molecule has 2 heterocycles. The van der Waals surface area contributed by atoms with Crippen molar-refractivity contribution in [3.63, 3.8) is 0 Å². The molecular formula is C21H30F3N3O4S. The summed E-state index contributed by atoms with van der Waals surface area (Å²) in [5.74, 6) is -0.204. The number of hydrogen-bond acceptors (Lipinski definition) is 5. The highest BCUT2D eigenvalue weighted by molar-refractivity contribution is 7.89. The van der Waals surface area contributed by atoms with Crippen LogP contribution in [0.1, 0.15) is 42.5 Å². The maximum atomic E-state index is 13.2. The van der Waals surface area contributed by atoms with Crippen molar-refractivity contribution in [1.29, 1.82) is 0 Å². The van der Waals surface area contributed by atoms with E-state index in [1.54, 1.807) is 0 Å². The molecule has 32 heavy (non-hydrogen) atoms. The van der Waals surface area contributed by atoms with Gasteiger partial charge >= 0.3 is 6.18 Å². The Hall–Kier alpha value is -1.85. The van der Waals surface area contributed by atoms with Gasteiger partial charge in [0.2, 0.25) is 10.0 Å². The topological polar surface area (TPSA) is 70.2 Å². The highest BCUT2D eigenvalue weighted by Crippen LogP contribution is 2.28. The van der Waals surface area contributed by atoms with Crippen molar-refractivity contribution in [2.75, 3.05) is 52.9 Å². The Kier molecular flexibility index (Phi) is 8.05. The lowest BCUT2D eigenvalue weighted by Crippen LogP contribution is -2.38. The van der Waals surface area contributed by atoms with Gasteiger partial charge in [-0.3, -0.25) is 9.69 Å². The number of sulfonamides is 1. The summed E-state index contributed by atoms with van der Waals surface area (Å²) in [5.41, 5.74) is 0.104. The van der Waals surface area contributed by atoms with E-state index in [0.29, 0.717) is 26.1 Å². The maximum Gasteiger partial charge on any atom is 0.401 e. The van der Waals surface area contributed by atoms with Crippen molar-refractivity contribution in [1.82, 2.24) is 14.1 Å². The number of hydrogen-bond donors (Lipinski definition) is 0. The number of carbonyl (C=O) groups is 1. The molecule has 1 aromatic rings. The zero-order chi connectivity index (χ0) is 23.4. The summed E-state index contributed by atoms with van der Waals surface area (Å²) in [6, 6.07) is 4.23. The number of halogens is 3. The number of methoxy groups -OCH3 is 1. The molecule has 2 aliphatic heterocycles. The fourth-order valence-electron chi connectivity index (χ4n) is 4.20. The summed E-state index contributed by atoms with van der Waals surface area (Å²) < 4.78 is 71.3. The third kappa shape index (κ3) is 6.14. The second-order valence-corrected chi connectivity index (χ2v) is 10.2. The van der Waals surface area contributed by atoms with Crippen LogP contribution in [-0.2, 0) is 10.0 Å². The van der Waals surface area contributed by atoms with E-state index >= 15 is 0 Å². The third-order valence-corrected chi connectivity index (χ3v) is 7.78. The van der Waals surface area contributed by atoms with Gasteiger partial charge in [0, 0.05) is 39.3 Å². The lowest BCUT2D eigenvalue weighted by molar-refractivity contribution is -0.145. The Balaban J connectivity index is 1.81. The van der Waals surface area contributed by atoms with E-state index in [1.165, 1.54) is 39.4 Å². The van der Waals surface area contributed by atoms with Gasteiger partial charge < -0.3 is 9.64 Å². The molecule has 0 radical (unpaired) electrons. The van der Waals surface area contributed by atoms with Gasteiger partial charge in [-0.15, -0.1) is 0 Å². The number of ether oxygens (including phenoxy) is 1. The summed E-state index contributed by atoms with van der Waals surface area (Å²) in [4.78, 5) is 16.0. The first-order chi connectivity index (χ1) is 15.1. The molecule has 11 heteroatoms. The molecule has 180 valence electrons. The van der Waals surface area contributed by atoms with Gasteiger partial charge in [0.1, 0.15) is 5.75 Å². The molecule has 0 spiro atoms. The molecule has 1 aromatic carbocycles. The number of rotatable bonds is 5. The van der Waals surface area contributed by atoms with Crippen molar-refractivity contribution < 1.29 is 31.1 Å². The zero-order valence-corrected chi connectivity index (χ0v) is 19.1.